The molecule has 2 N–H and O–H groups in total. The van der Waals surface area contributed by atoms with Crippen LogP contribution in [-0.4, -0.2) is 21.8 Å². The summed E-state index contributed by atoms with van der Waals surface area (Å²) in [4.78, 5) is 0.905. The maximum absolute atomic E-state index is 13.4. The van der Waals surface area contributed by atoms with Crippen LogP contribution in [0.15, 0.2) is 41.3 Å². The van der Waals surface area contributed by atoms with Gasteiger partial charge in [0.05, 0.1) is 16.5 Å². The van der Waals surface area contributed by atoms with Crippen molar-refractivity contribution in [3.05, 3.63) is 47.5 Å². The molecule has 0 saturated carbocycles. The number of halogens is 3. The molecule has 2 aromatic rings. The maximum Gasteiger partial charge on any atom is 0.417 e. The fourth-order valence-electron chi connectivity index (χ4n) is 3.71. The van der Waals surface area contributed by atoms with Crippen LogP contribution < -0.4 is 19.5 Å². The summed E-state index contributed by atoms with van der Waals surface area (Å²) >= 11 is 0. The van der Waals surface area contributed by atoms with Crippen LogP contribution in [0.1, 0.15) is 30.0 Å². The number of sulfonamides is 1. The zero-order chi connectivity index (χ0) is 20.1. The van der Waals surface area contributed by atoms with Crippen molar-refractivity contribution in [2.24, 2.45) is 5.14 Å². The van der Waals surface area contributed by atoms with Crippen LogP contribution in [0.3, 0.4) is 0 Å². The summed E-state index contributed by atoms with van der Waals surface area (Å²) in [7, 11) is -4.50. The molecule has 0 radical (unpaired) electrons. The van der Waals surface area contributed by atoms with Crippen molar-refractivity contribution in [2.75, 3.05) is 18.2 Å². The van der Waals surface area contributed by atoms with Gasteiger partial charge in [0.15, 0.2) is 11.5 Å². The fourth-order valence-corrected chi connectivity index (χ4v) is 4.45. The van der Waals surface area contributed by atoms with E-state index in [1.165, 1.54) is 6.07 Å². The number of primary sulfonamides is 1. The Morgan fingerprint density at radius 3 is 2.54 bits per heavy atom. The Balaban J connectivity index is 1.74. The number of hydrogen-bond acceptors (Lipinski definition) is 5. The Hall–Kier alpha value is -2.46. The molecule has 4 rings (SSSR count). The van der Waals surface area contributed by atoms with Crippen molar-refractivity contribution < 1.29 is 31.1 Å². The van der Waals surface area contributed by atoms with Crippen molar-refractivity contribution in [2.45, 2.75) is 30.0 Å². The van der Waals surface area contributed by atoms with Gasteiger partial charge in [-0.3, -0.25) is 0 Å². The van der Waals surface area contributed by atoms with Crippen molar-refractivity contribution in [1.82, 2.24) is 0 Å². The first kappa shape index (κ1) is 18.9. The number of anilines is 1. The van der Waals surface area contributed by atoms with Crippen LogP contribution in [-0.2, 0) is 16.2 Å². The number of ether oxygens (including phenoxy) is 2. The molecule has 6 nitrogen and oxygen atoms in total. The molecule has 2 aliphatic heterocycles. The third kappa shape index (κ3) is 3.37. The van der Waals surface area contributed by atoms with Crippen LogP contribution >= 0.6 is 0 Å². The van der Waals surface area contributed by atoms with E-state index in [-0.39, 0.29) is 12.8 Å². The van der Waals surface area contributed by atoms with Gasteiger partial charge in [-0.1, -0.05) is 6.07 Å². The fraction of sp³-hybridized carbons (Fsp3) is 0.333. The molecule has 2 aromatic carbocycles. The van der Waals surface area contributed by atoms with E-state index in [2.05, 4.69) is 0 Å². The minimum absolute atomic E-state index is 0.136. The Bertz CT molecular complexity index is 1020. The molecule has 1 unspecified atom stereocenters. The van der Waals surface area contributed by atoms with Crippen LogP contribution in [0.25, 0.3) is 0 Å². The minimum Gasteiger partial charge on any atom is -0.454 e. The summed E-state index contributed by atoms with van der Waals surface area (Å²) in [6.45, 7) is 0.683. The van der Waals surface area contributed by atoms with E-state index >= 15 is 0 Å². The molecule has 0 aromatic heterocycles. The summed E-state index contributed by atoms with van der Waals surface area (Å²) < 4.78 is 74.2. The monoisotopic (exact) mass is 414 g/mol. The lowest BCUT2D eigenvalue weighted by Crippen LogP contribution is -2.24. The molecule has 0 bridgehead atoms. The first-order valence-corrected chi connectivity index (χ1v) is 10.1. The van der Waals surface area contributed by atoms with Gasteiger partial charge < -0.3 is 14.4 Å². The van der Waals surface area contributed by atoms with Crippen LogP contribution in [0.5, 0.6) is 11.5 Å². The SMILES string of the molecule is NS(=O)(=O)c1ccc(N2CCCC2c2ccc3c(c2)OCO3)cc1C(F)(F)F. The van der Waals surface area contributed by atoms with Gasteiger partial charge >= 0.3 is 6.18 Å². The van der Waals surface area contributed by atoms with Gasteiger partial charge in [0.2, 0.25) is 16.8 Å². The van der Waals surface area contributed by atoms with E-state index in [4.69, 9.17) is 14.6 Å². The van der Waals surface area contributed by atoms with Crippen LogP contribution in [0.4, 0.5) is 18.9 Å². The normalized spacial score (nSPS) is 19.3. The minimum atomic E-state index is -4.84. The van der Waals surface area contributed by atoms with E-state index in [0.717, 1.165) is 30.5 Å². The topological polar surface area (TPSA) is 81.9 Å². The van der Waals surface area contributed by atoms with Crippen molar-refractivity contribution >= 4 is 15.7 Å². The lowest BCUT2D eigenvalue weighted by atomic mass is 10.0. The smallest absolute Gasteiger partial charge is 0.417 e. The van der Waals surface area contributed by atoms with E-state index in [0.29, 0.717) is 23.7 Å². The number of nitrogens with zero attached hydrogens (tertiary/aromatic N) is 1. The zero-order valence-electron chi connectivity index (χ0n) is 14.6. The lowest BCUT2D eigenvalue weighted by Gasteiger charge is -2.28. The summed E-state index contributed by atoms with van der Waals surface area (Å²) in [6, 6.07) is 8.44. The average Bonchev–Trinajstić information content (AvgIpc) is 3.28. The standard InChI is InChI=1S/C18H17F3N2O4S/c19-18(20,21)13-9-12(4-6-17(13)28(22,24)25)23-7-1-2-14(23)11-3-5-15-16(8-11)27-10-26-15/h3-6,8-9,14H,1-2,7,10H2,(H2,22,24,25). The number of benzene rings is 2. The molecule has 10 heteroatoms. The van der Waals surface area contributed by atoms with Gasteiger partial charge in [0, 0.05) is 12.2 Å². The molecule has 1 fully saturated rings. The molecule has 2 aliphatic rings. The highest BCUT2D eigenvalue weighted by atomic mass is 32.2. The third-order valence-electron chi connectivity index (χ3n) is 4.94. The van der Waals surface area contributed by atoms with Gasteiger partial charge in [0.1, 0.15) is 0 Å². The maximum atomic E-state index is 13.4. The Kier molecular flexibility index (Phi) is 4.42. The van der Waals surface area contributed by atoms with E-state index in [1.54, 1.807) is 6.07 Å². The Labute approximate surface area is 159 Å². The van der Waals surface area contributed by atoms with Gasteiger partial charge in [-0.2, -0.15) is 13.2 Å². The second-order valence-corrected chi connectivity index (χ2v) is 8.22. The summed E-state index contributed by atoms with van der Waals surface area (Å²) in [5, 5.41) is 4.96. The lowest BCUT2D eigenvalue weighted by molar-refractivity contribution is -0.139. The number of hydrogen-bond donors (Lipinski definition) is 1. The largest absolute Gasteiger partial charge is 0.454 e. The van der Waals surface area contributed by atoms with Crippen LogP contribution in [0.2, 0.25) is 0 Å². The second-order valence-electron chi connectivity index (χ2n) is 6.69. The highest BCUT2D eigenvalue weighted by Gasteiger charge is 2.38. The van der Waals surface area contributed by atoms with Crippen molar-refractivity contribution in [3.63, 3.8) is 0 Å². The van der Waals surface area contributed by atoms with E-state index in [9.17, 15) is 21.6 Å². The van der Waals surface area contributed by atoms with Crippen molar-refractivity contribution in [3.8, 4) is 11.5 Å². The quantitative estimate of drug-likeness (QED) is 0.832. The molecule has 1 saturated heterocycles. The van der Waals surface area contributed by atoms with E-state index in [1.807, 2.05) is 17.0 Å². The summed E-state index contributed by atoms with van der Waals surface area (Å²) in [6.07, 6.45) is -3.30. The molecule has 0 amide bonds. The number of alkyl halides is 3. The predicted octanol–water partition coefficient (Wildman–Crippen LogP) is 3.42. The molecular formula is C18H17F3N2O4S. The number of rotatable bonds is 3. The molecule has 1 atom stereocenters. The van der Waals surface area contributed by atoms with Gasteiger partial charge in [-0.25, -0.2) is 13.6 Å². The molecular weight excluding hydrogens is 397 g/mol. The molecule has 150 valence electrons. The second kappa shape index (κ2) is 6.56. The number of nitrogens with two attached hydrogens (primary N) is 1. The van der Waals surface area contributed by atoms with Crippen LogP contribution in [0, 0.1) is 0 Å². The van der Waals surface area contributed by atoms with Gasteiger partial charge in [-0.05, 0) is 48.7 Å². The highest BCUT2D eigenvalue weighted by molar-refractivity contribution is 7.89. The summed E-state index contributed by atoms with van der Waals surface area (Å²) in [5.74, 6) is 1.23. The molecule has 2 heterocycles. The Morgan fingerprint density at radius 2 is 1.82 bits per heavy atom. The molecule has 0 spiro atoms. The van der Waals surface area contributed by atoms with E-state index < -0.39 is 26.7 Å². The summed E-state index contributed by atoms with van der Waals surface area (Å²) in [5.41, 5.74) is -0.0745. The first-order valence-electron chi connectivity index (χ1n) is 8.55. The zero-order valence-corrected chi connectivity index (χ0v) is 15.4. The third-order valence-corrected chi connectivity index (χ3v) is 5.91. The predicted molar refractivity (Wildman–Crippen MR) is 94.7 cm³/mol. The first-order chi connectivity index (χ1) is 13.1. The Morgan fingerprint density at radius 1 is 1.07 bits per heavy atom. The molecule has 28 heavy (non-hydrogen) atoms. The highest BCUT2D eigenvalue weighted by Crippen LogP contribution is 2.43. The van der Waals surface area contributed by atoms with Gasteiger partial charge in [0.25, 0.3) is 0 Å². The molecule has 0 aliphatic carbocycles. The van der Waals surface area contributed by atoms with Crippen molar-refractivity contribution in [1.29, 1.82) is 0 Å². The van der Waals surface area contributed by atoms with Gasteiger partial charge in [-0.15, -0.1) is 0 Å². The average molecular weight is 414 g/mol. The number of fused-ring (bicyclic) bond motifs is 1.